The minimum Gasteiger partial charge on any atom is -0.383 e. The standard InChI is InChI=1S/C8H14N4S/c1-3-5(2)13-8-11-6(9)4-7(10)12-8/h4-5H,3H2,1-2H3,(H4,9,10,11,12). The molecule has 1 aromatic heterocycles. The summed E-state index contributed by atoms with van der Waals surface area (Å²) in [5.74, 6) is 0.858. The zero-order valence-electron chi connectivity index (χ0n) is 7.82. The maximum Gasteiger partial charge on any atom is 0.191 e. The van der Waals surface area contributed by atoms with Crippen LogP contribution in [-0.2, 0) is 0 Å². The predicted octanol–water partition coefficient (Wildman–Crippen LogP) is 1.53. The summed E-state index contributed by atoms with van der Waals surface area (Å²) in [4.78, 5) is 8.14. The molecule has 4 nitrogen and oxygen atoms in total. The van der Waals surface area contributed by atoms with Gasteiger partial charge in [-0.3, -0.25) is 0 Å². The summed E-state index contributed by atoms with van der Waals surface area (Å²) >= 11 is 1.59. The zero-order chi connectivity index (χ0) is 9.84. The maximum absolute atomic E-state index is 5.53. The minimum atomic E-state index is 0.429. The number of nitrogens with zero attached hydrogens (tertiary/aromatic N) is 2. The number of aromatic nitrogens is 2. The lowest BCUT2D eigenvalue weighted by molar-refractivity contribution is 0.888. The molecule has 1 aromatic rings. The van der Waals surface area contributed by atoms with E-state index in [4.69, 9.17) is 11.5 Å². The van der Waals surface area contributed by atoms with Crippen molar-refractivity contribution in [3.8, 4) is 0 Å². The second-order valence-electron chi connectivity index (χ2n) is 2.84. The molecule has 0 aliphatic heterocycles. The SMILES string of the molecule is CCC(C)Sc1nc(N)cc(N)n1. The van der Waals surface area contributed by atoms with Crippen LogP contribution in [0.2, 0.25) is 0 Å². The van der Waals surface area contributed by atoms with Gasteiger partial charge in [-0.1, -0.05) is 25.6 Å². The highest BCUT2D eigenvalue weighted by Gasteiger charge is 2.05. The Morgan fingerprint density at radius 2 is 1.92 bits per heavy atom. The summed E-state index contributed by atoms with van der Waals surface area (Å²) in [5, 5.41) is 1.15. The topological polar surface area (TPSA) is 77.8 Å². The van der Waals surface area contributed by atoms with Gasteiger partial charge in [0.05, 0.1) is 0 Å². The molecule has 72 valence electrons. The van der Waals surface area contributed by atoms with Gasteiger partial charge in [0.2, 0.25) is 0 Å². The predicted molar refractivity (Wildman–Crippen MR) is 56.5 cm³/mol. The van der Waals surface area contributed by atoms with Gasteiger partial charge in [-0.2, -0.15) is 0 Å². The van der Waals surface area contributed by atoms with Crippen LogP contribution in [0.25, 0.3) is 0 Å². The molecule has 1 atom stereocenters. The third kappa shape index (κ3) is 3.10. The van der Waals surface area contributed by atoms with Gasteiger partial charge in [-0.25, -0.2) is 9.97 Å². The normalized spacial score (nSPS) is 12.8. The molecular weight excluding hydrogens is 184 g/mol. The Balaban J connectivity index is 2.77. The highest BCUT2D eigenvalue weighted by atomic mass is 32.2. The van der Waals surface area contributed by atoms with Crippen LogP contribution in [0.1, 0.15) is 20.3 Å². The largest absolute Gasteiger partial charge is 0.383 e. The van der Waals surface area contributed by atoms with Crippen LogP contribution >= 0.6 is 11.8 Å². The van der Waals surface area contributed by atoms with Crippen LogP contribution in [0.4, 0.5) is 11.6 Å². The third-order valence-electron chi connectivity index (χ3n) is 1.63. The fraction of sp³-hybridized carbons (Fsp3) is 0.500. The summed E-state index contributed by atoms with van der Waals surface area (Å²) in [6.07, 6.45) is 1.07. The van der Waals surface area contributed by atoms with Crippen LogP contribution in [-0.4, -0.2) is 15.2 Å². The number of nitrogens with two attached hydrogens (primary N) is 2. The summed E-state index contributed by atoms with van der Waals surface area (Å²) < 4.78 is 0. The number of rotatable bonds is 3. The number of thioether (sulfide) groups is 1. The van der Waals surface area contributed by atoms with Crippen LogP contribution in [0.3, 0.4) is 0 Å². The van der Waals surface area contributed by atoms with E-state index in [-0.39, 0.29) is 0 Å². The van der Waals surface area contributed by atoms with E-state index in [1.54, 1.807) is 17.8 Å². The van der Waals surface area contributed by atoms with Gasteiger partial charge in [0.15, 0.2) is 5.16 Å². The van der Waals surface area contributed by atoms with Crippen LogP contribution in [0.15, 0.2) is 11.2 Å². The molecule has 0 radical (unpaired) electrons. The Bertz CT molecular complexity index is 269. The molecule has 0 spiro atoms. The first-order chi connectivity index (χ1) is 6.11. The minimum absolute atomic E-state index is 0.429. The van der Waals surface area contributed by atoms with Crippen molar-refractivity contribution >= 4 is 23.4 Å². The van der Waals surface area contributed by atoms with E-state index in [1.807, 2.05) is 0 Å². The van der Waals surface area contributed by atoms with Crippen molar-refractivity contribution in [3.63, 3.8) is 0 Å². The lowest BCUT2D eigenvalue weighted by Crippen LogP contribution is -2.01. The number of nitrogen functional groups attached to an aromatic ring is 2. The Kier molecular flexibility index (Phi) is 3.36. The molecule has 1 unspecified atom stereocenters. The first-order valence-electron chi connectivity index (χ1n) is 4.18. The Morgan fingerprint density at radius 1 is 1.38 bits per heavy atom. The van der Waals surface area contributed by atoms with Crippen molar-refractivity contribution in [1.29, 1.82) is 0 Å². The monoisotopic (exact) mass is 198 g/mol. The van der Waals surface area contributed by atoms with Gasteiger partial charge < -0.3 is 11.5 Å². The van der Waals surface area contributed by atoms with Gasteiger partial charge in [-0.05, 0) is 6.42 Å². The molecule has 0 saturated heterocycles. The molecule has 0 aliphatic rings. The number of hydrogen-bond acceptors (Lipinski definition) is 5. The number of anilines is 2. The first kappa shape index (κ1) is 10.1. The fourth-order valence-corrected chi connectivity index (χ4v) is 1.62. The maximum atomic E-state index is 5.53. The molecule has 0 fully saturated rings. The van der Waals surface area contributed by atoms with Gasteiger partial charge in [0.25, 0.3) is 0 Å². The average Bonchev–Trinajstić information content (AvgIpc) is 2.02. The molecule has 0 bridgehead atoms. The third-order valence-corrected chi connectivity index (χ3v) is 2.76. The van der Waals surface area contributed by atoms with Crippen molar-refractivity contribution in [3.05, 3.63) is 6.07 Å². The molecule has 0 saturated carbocycles. The van der Waals surface area contributed by atoms with Crippen molar-refractivity contribution in [1.82, 2.24) is 9.97 Å². The van der Waals surface area contributed by atoms with E-state index in [0.29, 0.717) is 22.0 Å². The van der Waals surface area contributed by atoms with E-state index in [0.717, 1.165) is 6.42 Å². The van der Waals surface area contributed by atoms with Gasteiger partial charge in [-0.15, -0.1) is 0 Å². The smallest absolute Gasteiger partial charge is 0.191 e. The van der Waals surface area contributed by atoms with Gasteiger partial charge >= 0.3 is 0 Å². The Hall–Kier alpha value is -0.970. The molecule has 4 N–H and O–H groups in total. The Labute approximate surface area is 82.1 Å². The van der Waals surface area contributed by atoms with Crippen molar-refractivity contribution < 1.29 is 0 Å². The van der Waals surface area contributed by atoms with Gasteiger partial charge in [0, 0.05) is 11.3 Å². The highest BCUT2D eigenvalue weighted by molar-refractivity contribution is 7.99. The average molecular weight is 198 g/mol. The molecule has 13 heavy (non-hydrogen) atoms. The molecule has 0 aliphatic carbocycles. The number of hydrogen-bond donors (Lipinski definition) is 2. The summed E-state index contributed by atoms with van der Waals surface area (Å²) in [5.41, 5.74) is 11.1. The van der Waals surface area contributed by atoms with Crippen LogP contribution in [0, 0.1) is 0 Å². The zero-order valence-corrected chi connectivity index (χ0v) is 8.64. The van der Waals surface area contributed by atoms with Crippen molar-refractivity contribution in [2.75, 3.05) is 11.5 Å². The quantitative estimate of drug-likeness (QED) is 0.569. The molecule has 0 aromatic carbocycles. The second kappa shape index (κ2) is 4.32. The van der Waals surface area contributed by atoms with E-state index in [9.17, 15) is 0 Å². The summed E-state index contributed by atoms with van der Waals surface area (Å²) in [7, 11) is 0. The molecule has 0 amide bonds. The molecule has 5 heteroatoms. The van der Waals surface area contributed by atoms with E-state index < -0.39 is 0 Å². The summed E-state index contributed by atoms with van der Waals surface area (Å²) in [6.45, 7) is 4.24. The second-order valence-corrected chi connectivity index (χ2v) is 4.24. The first-order valence-corrected chi connectivity index (χ1v) is 5.06. The van der Waals surface area contributed by atoms with Crippen LogP contribution in [0.5, 0.6) is 0 Å². The van der Waals surface area contributed by atoms with E-state index in [1.165, 1.54) is 0 Å². The lowest BCUT2D eigenvalue weighted by Gasteiger charge is -2.06. The van der Waals surface area contributed by atoms with Gasteiger partial charge in [0.1, 0.15) is 11.6 Å². The lowest BCUT2D eigenvalue weighted by atomic mass is 10.4. The highest BCUT2D eigenvalue weighted by Crippen LogP contribution is 2.22. The fourth-order valence-electron chi connectivity index (χ4n) is 0.778. The van der Waals surface area contributed by atoms with E-state index in [2.05, 4.69) is 23.8 Å². The molecule has 1 rings (SSSR count). The molecular formula is C8H14N4S. The van der Waals surface area contributed by atoms with Crippen molar-refractivity contribution in [2.24, 2.45) is 0 Å². The summed E-state index contributed by atoms with van der Waals surface area (Å²) in [6, 6.07) is 1.56. The Morgan fingerprint density at radius 3 is 2.38 bits per heavy atom. The van der Waals surface area contributed by atoms with Crippen LogP contribution < -0.4 is 11.5 Å². The van der Waals surface area contributed by atoms with Crippen molar-refractivity contribution in [2.45, 2.75) is 30.7 Å². The molecule has 1 heterocycles. The van der Waals surface area contributed by atoms with E-state index >= 15 is 0 Å².